The molecule has 116 valence electrons. The van der Waals surface area contributed by atoms with E-state index in [-0.39, 0.29) is 22.7 Å². The Bertz CT molecular complexity index is 677. The largest absolute Gasteiger partial charge is 0.493 e. The molecule has 2 rings (SSSR count). The number of alkyl halides is 2. The van der Waals surface area contributed by atoms with Crippen LogP contribution in [0.15, 0.2) is 42.5 Å². The van der Waals surface area contributed by atoms with E-state index < -0.39 is 18.3 Å². The Kier molecular flexibility index (Phi) is 4.88. The van der Waals surface area contributed by atoms with Crippen molar-refractivity contribution in [2.24, 2.45) is 0 Å². The van der Waals surface area contributed by atoms with Crippen molar-refractivity contribution in [1.82, 2.24) is 0 Å². The molecule has 2 aromatic rings. The summed E-state index contributed by atoms with van der Waals surface area (Å²) in [4.78, 5) is 12.0. The molecule has 7 heteroatoms. The molecule has 0 spiro atoms. The number of ether oxygens (including phenoxy) is 2. The summed E-state index contributed by atoms with van der Waals surface area (Å²) in [5, 5.41) is 2.38. The second kappa shape index (κ2) is 6.84. The molecule has 2 aromatic carbocycles. The Morgan fingerprint density at radius 3 is 2.50 bits per heavy atom. The van der Waals surface area contributed by atoms with Gasteiger partial charge in [-0.1, -0.05) is 12.1 Å². The van der Waals surface area contributed by atoms with Gasteiger partial charge in [0.25, 0.3) is 5.91 Å². The van der Waals surface area contributed by atoms with Crippen LogP contribution in [0.2, 0.25) is 0 Å². The molecule has 0 aromatic heterocycles. The monoisotopic (exact) mass is 311 g/mol. The van der Waals surface area contributed by atoms with Gasteiger partial charge in [-0.05, 0) is 30.3 Å². The van der Waals surface area contributed by atoms with Gasteiger partial charge in [-0.2, -0.15) is 8.78 Å². The maximum atomic E-state index is 13.5. The second-order valence-electron chi connectivity index (χ2n) is 4.18. The van der Waals surface area contributed by atoms with Gasteiger partial charge in [0.05, 0.1) is 12.8 Å². The first-order chi connectivity index (χ1) is 10.5. The number of para-hydroxylation sites is 1. The van der Waals surface area contributed by atoms with Crippen molar-refractivity contribution >= 4 is 11.6 Å². The van der Waals surface area contributed by atoms with Crippen molar-refractivity contribution in [2.75, 3.05) is 12.4 Å². The van der Waals surface area contributed by atoms with Crippen LogP contribution in [-0.4, -0.2) is 19.6 Å². The number of carbonyl (C=O) groups is 1. The van der Waals surface area contributed by atoms with Gasteiger partial charge in [0.1, 0.15) is 5.82 Å². The van der Waals surface area contributed by atoms with Crippen molar-refractivity contribution < 1.29 is 27.4 Å². The van der Waals surface area contributed by atoms with E-state index in [2.05, 4.69) is 10.1 Å². The van der Waals surface area contributed by atoms with Crippen LogP contribution in [0.25, 0.3) is 0 Å². The maximum Gasteiger partial charge on any atom is 0.387 e. The molecule has 22 heavy (non-hydrogen) atoms. The predicted octanol–water partition coefficient (Wildman–Crippen LogP) is 3.69. The molecule has 0 unspecified atom stereocenters. The predicted molar refractivity (Wildman–Crippen MR) is 74.0 cm³/mol. The number of carbonyl (C=O) groups excluding carboxylic acids is 1. The summed E-state index contributed by atoms with van der Waals surface area (Å²) in [5.41, 5.74) is 0.126. The average Bonchev–Trinajstić information content (AvgIpc) is 2.49. The van der Waals surface area contributed by atoms with Crippen LogP contribution in [0.4, 0.5) is 18.9 Å². The van der Waals surface area contributed by atoms with Gasteiger partial charge in [-0.3, -0.25) is 4.79 Å². The van der Waals surface area contributed by atoms with E-state index in [0.717, 1.165) is 0 Å². The lowest BCUT2D eigenvalue weighted by Gasteiger charge is -2.11. The average molecular weight is 311 g/mol. The van der Waals surface area contributed by atoms with E-state index in [4.69, 9.17) is 4.74 Å². The van der Waals surface area contributed by atoms with E-state index in [1.165, 1.54) is 43.5 Å². The highest BCUT2D eigenvalue weighted by Crippen LogP contribution is 2.29. The van der Waals surface area contributed by atoms with Crippen molar-refractivity contribution in [3.63, 3.8) is 0 Å². The lowest BCUT2D eigenvalue weighted by Crippen LogP contribution is -2.13. The molecular formula is C15H12F3NO3. The molecule has 0 atom stereocenters. The van der Waals surface area contributed by atoms with E-state index in [9.17, 15) is 18.0 Å². The zero-order chi connectivity index (χ0) is 16.1. The number of halogens is 3. The van der Waals surface area contributed by atoms with Gasteiger partial charge >= 0.3 is 6.61 Å². The first-order valence-corrected chi connectivity index (χ1v) is 6.20. The van der Waals surface area contributed by atoms with Crippen LogP contribution in [0.1, 0.15) is 10.4 Å². The lowest BCUT2D eigenvalue weighted by atomic mass is 10.2. The summed E-state index contributed by atoms with van der Waals surface area (Å²) < 4.78 is 47.1. The van der Waals surface area contributed by atoms with Gasteiger partial charge in [-0.15, -0.1) is 0 Å². The topological polar surface area (TPSA) is 47.6 Å². The highest BCUT2D eigenvalue weighted by Gasteiger charge is 2.15. The SMILES string of the molecule is COc1cc(C(=O)Nc2ccccc2F)ccc1OC(F)F. The van der Waals surface area contributed by atoms with E-state index in [1.54, 1.807) is 6.07 Å². The Balaban J connectivity index is 2.21. The number of amides is 1. The molecule has 0 fully saturated rings. The molecule has 0 bridgehead atoms. The van der Waals surface area contributed by atoms with Gasteiger partial charge in [0.2, 0.25) is 0 Å². The van der Waals surface area contributed by atoms with Gasteiger partial charge in [0, 0.05) is 5.56 Å². The zero-order valence-electron chi connectivity index (χ0n) is 11.5. The third-order valence-electron chi connectivity index (χ3n) is 2.76. The van der Waals surface area contributed by atoms with Crippen molar-refractivity contribution in [3.05, 3.63) is 53.8 Å². The standard InChI is InChI=1S/C15H12F3NO3/c1-21-13-8-9(6-7-12(13)22-15(17)18)14(20)19-11-5-3-2-4-10(11)16/h2-8,15H,1H3,(H,19,20). The summed E-state index contributed by atoms with van der Waals surface area (Å²) in [6, 6.07) is 9.35. The summed E-state index contributed by atoms with van der Waals surface area (Å²) in [7, 11) is 1.26. The number of anilines is 1. The smallest absolute Gasteiger partial charge is 0.387 e. The van der Waals surface area contributed by atoms with Gasteiger partial charge in [0.15, 0.2) is 11.5 Å². The maximum absolute atomic E-state index is 13.5. The Labute approximate surface area is 124 Å². The normalized spacial score (nSPS) is 10.4. The molecule has 0 saturated heterocycles. The van der Waals surface area contributed by atoms with E-state index >= 15 is 0 Å². The summed E-state index contributed by atoms with van der Waals surface area (Å²) >= 11 is 0. The van der Waals surface area contributed by atoms with Gasteiger partial charge in [-0.25, -0.2) is 4.39 Å². The first-order valence-electron chi connectivity index (χ1n) is 6.20. The molecule has 0 aliphatic carbocycles. The Morgan fingerprint density at radius 1 is 1.14 bits per heavy atom. The Morgan fingerprint density at radius 2 is 1.86 bits per heavy atom. The van der Waals surface area contributed by atoms with E-state index in [1.807, 2.05) is 0 Å². The van der Waals surface area contributed by atoms with Crippen LogP contribution in [0, 0.1) is 5.82 Å². The number of benzene rings is 2. The highest BCUT2D eigenvalue weighted by molar-refractivity contribution is 6.04. The summed E-state index contributed by atoms with van der Waals surface area (Å²) in [6.45, 7) is -3.01. The third kappa shape index (κ3) is 3.69. The fraction of sp³-hybridized carbons (Fsp3) is 0.133. The number of hydrogen-bond acceptors (Lipinski definition) is 3. The van der Waals surface area contributed by atoms with Crippen LogP contribution >= 0.6 is 0 Å². The van der Waals surface area contributed by atoms with Crippen LogP contribution in [0.3, 0.4) is 0 Å². The molecule has 1 N–H and O–H groups in total. The van der Waals surface area contributed by atoms with Crippen molar-refractivity contribution in [2.45, 2.75) is 6.61 Å². The number of nitrogens with one attached hydrogen (secondary N) is 1. The zero-order valence-corrected chi connectivity index (χ0v) is 11.5. The lowest BCUT2D eigenvalue weighted by molar-refractivity contribution is -0.0512. The minimum absolute atomic E-state index is 0.0133. The number of methoxy groups -OCH3 is 1. The Hall–Kier alpha value is -2.70. The van der Waals surface area contributed by atoms with Crippen LogP contribution in [-0.2, 0) is 0 Å². The van der Waals surface area contributed by atoms with E-state index in [0.29, 0.717) is 0 Å². The minimum Gasteiger partial charge on any atom is -0.493 e. The highest BCUT2D eigenvalue weighted by atomic mass is 19.3. The third-order valence-corrected chi connectivity index (χ3v) is 2.76. The van der Waals surface area contributed by atoms with Crippen LogP contribution < -0.4 is 14.8 Å². The molecule has 0 aliphatic rings. The molecule has 1 amide bonds. The molecule has 4 nitrogen and oxygen atoms in total. The van der Waals surface area contributed by atoms with Gasteiger partial charge < -0.3 is 14.8 Å². The minimum atomic E-state index is -3.01. The molecule has 0 saturated carbocycles. The molecule has 0 aliphatic heterocycles. The summed E-state index contributed by atoms with van der Waals surface area (Å²) in [5.74, 6) is -1.41. The molecule has 0 heterocycles. The quantitative estimate of drug-likeness (QED) is 0.916. The van der Waals surface area contributed by atoms with Crippen LogP contribution in [0.5, 0.6) is 11.5 Å². The fourth-order valence-electron chi connectivity index (χ4n) is 1.76. The van der Waals surface area contributed by atoms with Crippen molar-refractivity contribution in [1.29, 1.82) is 0 Å². The fourth-order valence-corrected chi connectivity index (χ4v) is 1.76. The number of hydrogen-bond donors (Lipinski definition) is 1. The first kappa shape index (κ1) is 15.7. The number of rotatable bonds is 5. The summed E-state index contributed by atoms with van der Waals surface area (Å²) in [6.07, 6.45) is 0. The van der Waals surface area contributed by atoms with Crippen molar-refractivity contribution in [3.8, 4) is 11.5 Å². The molecule has 0 radical (unpaired) electrons. The second-order valence-corrected chi connectivity index (χ2v) is 4.18. The molecular weight excluding hydrogens is 299 g/mol.